The fourth-order valence-corrected chi connectivity index (χ4v) is 16.7. The van der Waals surface area contributed by atoms with Crippen LogP contribution < -0.4 is 43.0 Å². The molecule has 11 rings (SSSR count). The average molecular weight is 1360 g/mol. The molecule has 0 spiro atoms. The van der Waals surface area contributed by atoms with Crippen LogP contribution in [0, 0.1) is 22.2 Å². The van der Waals surface area contributed by atoms with Gasteiger partial charge in [0.05, 0.1) is 22.4 Å². The first-order chi connectivity index (χ1) is 46.7. The Hall–Kier alpha value is -9.56. The van der Waals surface area contributed by atoms with Crippen molar-refractivity contribution in [2.24, 2.45) is 38.6 Å². The fourth-order valence-electron chi connectivity index (χ4n) is 15.9. The maximum absolute atomic E-state index is 13.8. The van der Waals surface area contributed by atoms with Crippen LogP contribution in [0.3, 0.4) is 0 Å². The topological polar surface area (TPSA) is 352 Å². The number of carbonyl (C=O) groups excluding carboxylic acids is 8. The number of fused-ring (bicyclic) bond motifs is 2. The van der Waals surface area contributed by atoms with Gasteiger partial charge in [-0.2, -0.15) is 0 Å². The van der Waals surface area contributed by atoms with Crippen LogP contribution in [0.4, 0.5) is 26.2 Å². The number of thiazole rings is 1. The molecule has 2 aromatic heterocycles. The first-order valence-electron chi connectivity index (χ1n) is 33.5. The predicted octanol–water partition coefficient (Wildman–Crippen LogP) is 8.87. The summed E-state index contributed by atoms with van der Waals surface area (Å²) in [5.74, 6) is -3.56. The number of carboxylic acid groups (broad SMARTS) is 1. The summed E-state index contributed by atoms with van der Waals surface area (Å²) in [6, 6.07) is 20.9. The lowest BCUT2D eigenvalue weighted by Gasteiger charge is -2.69. The van der Waals surface area contributed by atoms with Gasteiger partial charge < -0.3 is 57.1 Å². The summed E-state index contributed by atoms with van der Waals surface area (Å²) in [6.07, 6.45) is 11.5. The third-order valence-electron chi connectivity index (χ3n) is 19.4. The number of carbonyl (C=O) groups is 9. The number of aromatic carboxylic acids is 1. The molecular formula is C72H89N13O12S. The Morgan fingerprint density at radius 1 is 0.827 bits per heavy atom. The number of benzene rings is 3. The van der Waals surface area contributed by atoms with Gasteiger partial charge >= 0.3 is 18.1 Å². The van der Waals surface area contributed by atoms with Crippen molar-refractivity contribution in [2.75, 3.05) is 61.9 Å². The van der Waals surface area contributed by atoms with E-state index in [-0.39, 0.29) is 104 Å². The molecule has 4 atom stereocenters. The van der Waals surface area contributed by atoms with Crippen LogP contribution in [-0.4, -0.2) is 148 Å². The van der Waals surface area contributed by atoms with Crippen molar-refractivity contribution >= 4 is 103 Å². The van der Waals surface area contributed by atoms with Crippen LogP contribution >= 0.6 is 11.3 Å². The predicted molar refractivity (Wildman–Crippen MR) is 373 cm³/mol. The van der Waals surface area contributed by atoms with E-state index in [1.807, 2.05) is 48.2 Å². The summed E-state index contributed by atoms with van der Waals surface area (Å²) in [6.45, 7) is 12.4. The molecule has 10 N–H and O–H groups in total. The zero-order valence-electron chi connectivity index (χ0n) is 56.5. The molecule has 4 saturated carbocycles. The van der Waals surface area contributed by atoms with Crippen LogP contribution in [0.15, 0.2) is 102 Å². The Morgan fingerprint density at radius 3 is 2.26 bits per heavy atom. The number of hydrogen-bond acceptors (Lipinski definition) is 17. The highest BCUT2D eigenvalue weighted by Gasteiger charge is 2.66. The van der Waals surface area contributed by atoms with Crippen molar-refractivity contribution in [1.29, 1.82) is 0 Å². The molecule has 2 unspecified atom stereocenters. The molecule has 4 aliphatic carbocycles. The maximum Gasteiger partial charge on any atom is 0.409 e. The first kappa shape index (κ1) is 71.2. The van der Waals surface area contributed by atoms with E-state index in [0.717, 1.165) is 64.8 Å². The Labute approximate surface area is 574 Å². The van der Waals surface area contributed by atoms with Crippen molar-refractivity contribution in [3.63, 3.8) is 0 Å². The molecule has 520 valence electrons. The highest BCUT2D eigenvalue weighted by molar-refractivity contribution is 7.22. The van der Waals surface area contributed by atoms with Crippen molar-refractivity contribution in [3.8, 4) is 0 Å². The number of pyridine rings is 1. The van der Waals surface area contributed by atoms with Crippen LogP contribution in [0.25, 0.3) is 15.8 Å². The van der Waals surface area contributed by atoms with Crippen LogP contribution in [0.1, 0.15) is 155 Å². The van der Waals surface area contributed by atoms with Gasteiger partial charge in [0.2, 0.25) is 17.7 Å². The number of nitrogens with one attached hydrogen (secondary N) is 5. The SMILES string of the molecule is CC(=NCC12CC3(C)CC(C)(C1)CC(OCCN(C)C(=O)OCc1ccc(NC(=O)[C@H](CCCNC(N)=O)NC(=O)[C@@H](NC(=O)CCCCCN4C(=O)C=CC4=O)C(C)C)cc1)(C3)C2)C(=CN)c1ccc(N2CCc3cccc(C(=O)Nc4nc5ccccc5s4)c3C2)nc1C(=O)O. The number of amides is 9. The number of para-hydroxylation sites is 1. The van der Waals surface area contributed by atoms with Gasteiger partial charge in [-0.15, -0.1) is 0 Å². The van der Waals surface area contributed by atoms with Crippen molar-refractivity contribution in [3.05, 3.63) is 131 Å². The van der Waals surface area contributed by atoms with Crippen molar-refractivity contribution < 1.29 is 57.7 Å². The number of nitrogens with two attached hydrogens (primary N) is 2. The zero-order valence-corrected chi connectivity index (χ0v) is 57.3. The van der Waals surface area contributed by atoms with Gasteiger partial charge in [0, 0.05) is 99.2 Å². The highest BCUT2D eigenvalue weighted by Crippen LogP contribution is 2.71. The molecule has 0 radical (unpaired) electrons. The number of nitrogens with zero attached hydrogens (tertiary/aromatic N) is 6. The van der Waals surface area contributed by atoms with E-state index in [2.05, 4.69) is 45.4 Å². The lowest BCUT2D eigenvalue weighted by atomic mass is 9.39. The van der Waals surface area contributed by atoms with Gasteiger partial charge in [-0.05, 0) is 159 Å². The molecule has 5 aromatic rings. The minimum Gasteiger partial charge on any atom is -0.476 e. The number of aromatic nitrogens is 2. The molecule has 4 heterocycles. The summed E-state index contributed by atoms with van der Waals surface area (Å²) < 4.78 is 13.6. The van der Waals surface area contributed by atoms with E-state index in [9.17, 15) is 48.3 Å². The van der Waals surface area contributed by atoms with E-state index in [1.54, 1.807) is 63.4 Å². The number of ether oxygens (including phenoxy) is 2. The van der Waals surface area contributed by atoms with Gasteiger partial charge in [-0.3, -0.25) is 44.0 Å². The summed E-state index contributed by atoms with van der Waals surface area (Å²) in [5, 5.41) is 25.1. The van der Waals surface area contributed by atoms with E-state index < -0.39 is 47.6 Å². The number of likely N-dealkylation sites (N-methyl/N-ethyl adjacent to an activating group) is 1. The second-order valence-electron chi connectivity index (χ2n) is 28.0. The lowest BCUT2D eigenvalue weighted by Crippen LogP contribution is -2.64. The summed E-state index contributed by atoms with van der Waals surface area (Å²) in [4.78, 5) is 135. The second kappa shape index (κ2) is 30.5. The minimum absolute atomic E-state index is 0.0139. The van der Waals surface area contributed by atoms with Crippen LogP contribution in [-0.2, 0) is 53.0 Å². The molecule has 26 heteroatoms. The standard InChI is InChI=1S/C72H89N13O12S/c1-44(2)60(81-57(86)19-8-7-11-30-85-58(87)26-27-59(85)88)64(91)78-54(17-13-29-75-66(74)94)63(90)77-48-22-20-46(21-23-48)36-96-68(95)83(6)32-33-97-72-40-69(4)37-70(5,41-72)39-71(38-69,42-72)43-76-45(3)51(34-73)49-24-25-56(80-61(49)65(92)93)84-31-28-47-14-12-15-50(52(47)35-84)62(89)82-67-79-53-16-9-10-18-55(53)98-67/h9-10,12,14-16,18,20-27,34,44,54,60H,7-8,11,13,17,19,28-33,35-43,73H2,1-6H3,(H,77,90)(H,78,91)(H,81,86)(H,92,93)(H3,74,75,94)(H,79,82,89)/t54-,60-,69?,70?,71?,72?/m0/s1. The van der Waals surface area contributed by atoms with Gasteiger partial charge in [-0.25, -0.2) is 24.4 Å². The quantitative estimate of drug-likeness (QED) is 0.0121. The van der Waals surface area contributed by atoms with E-state index in [4.69, 9.17) is 30.9 Å². The lowest BCUT2D eigenvalue weighted by molar-refractivity contribution is -0.242. The number of imide groups is 1. The molecule has 98 heavy (non-hydrogen) atoms. The molecular weight excluding hydrogens is 1270 g/mol. The number of anilines is 3. The summed E-state index contributed by atoms with van der Waals surface area (Å²) in [7, 11) is 1.66. The molecule has 2 aliphatic heterocycles. The minimum atomic E-state index is -1.21. The molecule has 0 saturated heterocycles. The Bertz CT molecular complexity index is 3910. The number of primary amides is 1. The molecule has 3 aromatic carbocycles. The smallest absolute Gasteiger partial charge is 0.409 e. The maximum atomic E-state index is 13.8. The number of unbranched alkanes of at least 4 members (excludes halogenated alkanes) is 2. The Morgan fingerprint density at radius 2 is 1.56 bits per heavy atom. The summed E-state index contributed by atoms with van der Waals surface area (Å²) in [5.41, 5.74) is 16.4. The Balaban J connectivity index is 0.705. The van der Waals surface area contributed by atoms with Crippen molar-refractivity contribution in [1.82, 2.24) is 35.7 Å². The average Bonchev–Trinajstić information content (AvgIpc) is 0.787. The Kier molecular flexibility index (Phi) is 22.1. The largest absolute Gasteiger partial charge is 0.476 e. The first-order valence-corrected chi connectivity index (χ1v) is 34.4. The molecule has 25 nitrogen and oxygen atoms in total. The number of rotatable bonds is 30. The van der Waals surface area contributed by atoms with Gasteiger partial charge in [0.1, 0.15) is 24.5 Å². The van der Waals surface area contributed by atoms with Crippen LogP contribution in [0.2, 0.25) is 0 Å². The van der Waals surface area contributed by atoms with E-state index >= 15 is 0 Å². The monoisotopic (exact) mass is 1360 g/mol. The second-order valence-corrected chi connectivity index (χ2v) is 29.1. The molecule has 6 aliphatic rings. The van der Waals surface area contributed by atoms with Crippen LogP contribution in [0.5, 0.6) is 0 Å². The number of hydrogen-bond donors (Lipinski definition) is 8. The van der Waals surface area contributed by atoms with E-state index in [0.29, 0.717) is 89.9 Å². The van der Waals surface area contributed by atoms with Gasteiger partial charge in [0.25, 0.3) is 17.7 Å². The number of allylic oxidation sites excluding steroid dienone is 1. The zero-order chi connectivity index (χ0) is 70.1. The van der Waals surface area contributed by atoms with Gasteiger partial charge in [-0.1, -0.05) is 81.9 Å². The fraction of sp³-hybridized carbons (Fsp3) is 0.472. The van der Waals surface area contributed by atoms with Crippen molar-refractivity contribution in [2.45, 2.75) is 149 Å². The normalized spacial score (nSPS) is 21.6. The third kappa shape index (κ3) is 17.2. The summed E-state index contributed by atoms with van der Waals surface area (Å²) >= 11 is 1.41. The molecule has 9 amide bonds. The third-order valence-corrected chi connectivity index (χ3v) is 20.3. The highest BCUT2D eigenvalue weighted by atomic mass is 32.1. The van der Waals surface area contributed by atoms with Gasteiger partial charge in [0.15, 0.2) is 10.8 Å². The van der Waals surface area contributed by atoms with E-state index in [1.165, 1.54) is 34.6 Å². The molecule has 4 fully saturated rings. The number of urea groups is 1. The number of aliphatic imine (C=N–C) groups is 1. The number of carboxylic acids is 1. The molecule has 4 bridgehead atoms.